The van der Waals surface area contributed by atoms with Crippen molar-refractivity contribution in [3.05, 3.63) is 0 Å². The van der Waals surface area contributed by atoms with Crippen molar-refractivity contribution < 1.29 is 26.7 Å². The number of alkyl halides is 5. The quantitative estimate of drug-likeness (QED) is 0.702. The summed E-state index contributed by atoms with van der Waals surface area (Å²) in [5.41, 5.74) is -1.05. The third-order valence-corrected chi connectivity index (χ3v) is 2.70. The van der Waals surface area contributed by atoms with Gasteiger partial charge >= 0.3 is 18.0 Å². The largest absolute Gasteiger partial charge is 0.463 e. The van der Waals surface area contributed by atoms with Crippen molar-refractivity contribution in [2.45, 2.75) is 44.8 Å². The zero-order valence-electron chi connectivity index (χ0n) is 9.45. The van der Waals surface area contributed by atoms with Crippen LogP contribution in [0.2, 0.25) is 0 Å². The van der Waals surface area contributed by atoms with Crippen LogP contribution in [0.15, 0.2) is 0 Å². The lowest BCUT2D eigenvalue weighted by atomic mass is 9.99. The van der Waals surface area contributed by atoms with E-state index in [1.54, 1.807) is 6.92 Å². The number of halogens is 5. The van der Waals surface area contributed by atoms with Crippen LogP contribution in [0.4, 0.5) is 22.0 Å². The lowest BCUT2D eigenvalue weighted by Crippen LogP contribution is -2.56. The minimum atomic E-state index is -5.86. The molecular weight excluding hydrogens is 233 g/mol. The molecule has 0 unspecified atom stereocenters. The van der Waals surface area contributed by atoms with Gasteiger partial charge in [-0.2, -0.15) is 22.0 Å². The molecule has 0 fully saturated rings. The van der Waals surface area contributed by atoms with Gasteiger partial charge in [0.2, 0.25) is 0 Å². The average molecular weight is 247 g/mol. The van der Waals surface area contributed by atoms with Gasteiger partial charge < -0.3 is 4.90 Å². The van der Waals surface area contributed by atoms with Crippen molar-refractivity contribution in [1.29, 1.82) is 0 Å². The summed E-state index contributed by atoms with van der Waals surface area (Å²) >= 11 is 0. The first-order valence-electron chi connectivity index (χ1n) is 4.60. The molecule has 0 aromatic carbocycles. The van der Waals surface area contributed by atoms with Crippen LogP contribution in [-0.4, -0.2) is 35.5 Å². The van der Waals surface area contributed by atoms with Gasteiger partial charge in [-0.15, -0.1) is 0 Å². The van der Waals surface area contributed by atoms with Gasteiger partial charge in [-0.1, -0.05) is 6.92 Å². The molecule has 0 rings (SSSR count). The van der Waals surface area contributed by atoms with Crippen molar-refractivity contribution in [3.63, 3.8) is 0 Å². The standard InChI is InChI=1S/C9H14F5NO/c1-5-7(2,3)15(4)6(16)8(10,11)9(12,13)14/h5H2,1-4H3. The Bertz CT molecular complexity index is 272. The summed E-state index contributed by atoms with van der Waals surface area (Å²) in [4.78, 5) is 11.5. The fourth-order valence-electron chi connectivity index (χ4n) is 0.844. The average Bonchev–Trinajstić information content (AvgIpc) is 2.13. The second-order valence-corrected chi connectivity index (χ2v) is 4.10. The first-order valence-corrected chi connectivity index (χ1v) is 4.60. The Morgan fingerprint density at radius 2 is 1.50 bits per heavy atom. The molecule has 0 bridgehead atoms. The second kappa shape index (κ2) is 4.18. The SMILES string of the molecule is CCC(C)(C)N(C)C(=O)C(F)(F)C(F)(F)F. The topological polar surface area (TPSA) is 20.3 Å². The van der Waals surface area contributed by atoms with E-state index in [-0.39, 0.29) is 6.42 Å². The maximum absolute atomic E-state index is 12.7. The summed E-state index contributed by atoms with van der Waals surface area (Å²) in [7, 11) is 0.936. The third kappa shape index (κ3) is 2.62. The molecule has 0 heterocycles. The van der Waals surface area contributed by atoms with E-state index >= 15 is 0 Å². The van der Waals surface area contributed by atoms with Gasteiger partial charge in [0.05, 0.1) is 0 Å². The number of carbonyl (C=O) groups excluding carboxylic acids is 1. The molecule has 16 heavy (non-hydrogen) atoms. The van der Waals surface area contributed by atoms with Gasteiger partial charge in [0.1, 0.15) is 0 Å². The molecule has 0 saturated carbocycles. The van der Waals surface area contributed by atoms with Crippen molar-refractivity contribution in [2.24, 2.45) is 0 Å². The number of hydrogen-bond donors (Lipinski definition) is 0. The van der Waals surface area contributed by atoms with Gasteiger partial charge in [-0.05, 0) is 20.3 Å². The highest BCUT2D eigenvalue weighted by molar-refractivity contribution is 5.84. The van der Waals surface area contributed by atoms with Crippen LogP contribution in [0.25, 0.3) is 0 Å². The molecule has 0 aliphatic carbocycles. The molecule has 0 atom stereocenters. The van der Waals surface area contributed by atoms with Crippen LogP contribution in [0.3, 0.4) is 0 Å². The van der Waals surface area contributed by atoms with E-state index < -0.39 is 23.5 Å². The lowest BCUT2D eigenvalue weighted by molar-refractivity contribution is -0.275. The van der Waals surface area contributed by atoms with Crippen LogP contribution in [-0.2, 0) is 4.79 Å². The predicted molar refractivity (Wildman–Crippen MR) is 48.1 cm³/mol. The zero-order chi connectivity index (χ0) is 13.4. The van der Waals surface area contributed by atoms with E-state index in [9.17, 15) is 26.7 Å². The number of nitrogens with zero attached hydrogens (tertiary/aromatic N) is 1. The Kier molecular flexibility index (Phi) is 3.95. The Hall–Kier alpha value is -0.880. The number of hydrogen-bond acceptors (Lipinski definition) is 1. The normalized spacial score (nSPS) is 13.8. The molecule has 0 aliphatic rings. The van der Waals surface area contributed by atoms with Crippen LogP contribution in [0.1, 0.15) is 27.2 Å². The Balaban J connectivity index is 5.09. The number of carbonyl (C=O) groups is 1. The lowest BCUT2D eigenvalue weighted by Gasteiger charge is -2.37. The molecule has 0 aromatic heterocycles. The Morgan fingerprint density at radius 3 is 1.75 bits per heavy atom. The molecule has 0 saturated heterocycles. The molecule has 0 aliphatic heterocycles. The Labute approximate surface area is 90.4 Å². The smallest absolute Gasteiger partial charge is 0.335 e. The number of amides is 1. The molecule has 0 aromatic rings. The monoisotopic (exact) mass is 247 g/mol. The van der Waals surface area contributed by atoms with E-state index in [1.807, 2.05) is 0 Å². The van der Waals surface area contributed by atoms with Crippen LogP contribution in [0.5, 0.6) is 0 Å². The molecule has 7 heteroatoms. The highest BCUT2D eigenvalue weighted by atomic mass is 19.4. The van der Waals surface area contributed by atoms with E-state index in [4.69, 9.17) is 0 Å². The van der Waals surface area contributed by atoms with Crippen molar-refractivity contribution >= 4 is 5.91 Å². The second-order valence-electron chi connectivity index (χ2n) is 4.10. The molecular formula is C9H14F5NO. The molecule has 0 spiro atoms. The van der Waals surface area contributed by atoms with Crippen molar-refractivity contribution in [3.8, 4) is 0 Å². The van der Waals surface area contributed by atoms with Gasteiger partial charge in [-0.3, -0.25) is 4.79 Å². The predicted octanol–water partition coefficient (Wildman–Crippen LogP) is 2.83. The summed E-state index contributed by atoms with van der Waals surface area (Å²) in [5.74, 6) is -7.57. The van der Waals surface area contributed by atoms with E-state index in [2.05, 4.69) is 0 Å². The zero-order valence-corrected chi connectivity index (χ0v) is 9.45. The van der Waals surface area contributed by atoms with Gasteiger partial charge in [0.15, 0.2) is 0 Å². The summed E-state index contributed by atoms with van der Waals surface area (Å²) in [6.07, 6.45) is -5.59. The first kappa shape index (κ1) is 15.1. The molecule has 0 N–H and O–H groups in total. The highest BCUT2D eigenvalue weighted by Gasteiger charge is 2.65. The maximum atomic E-state index is 12.7. The van der Waals surface area contributed by atoms with Gasteiger partial charge in [0.25, 0.3) is 0 Å². The minimum Gasteiger partial charge on any atom is -0.335 e. The van der Waals surface area contributed by atoms with Crippen molar-refractivity contribution in [2.75, 3.05) is 7.05 Å². The van der Waals surface area contributed by atoms with Crippen LogP contribution in [0, 0.1) is 0 Å². The Morgan fingerprint density at radius 1 is 1.12 bits per heavy atom. The van der Waals surface area contributed by atoms with Gasteiger partial charge in [0, 0.05) is 12.6 Å². The molecule has 96 valence electrons. The molecule has 1 amide bonds. The summed E-state index contributed by atoms with van der Waals surface area (Å²) < 4.78 is 61.3. The van der Waals surface area contributed by atoms with Crippen LogP contribution >= 0.6 is 0 Å². The van der Waals surface area contributed by atoms with E-state index in [1.165, 1.54) is 13.8 Å². The first-order chi connectivity index (χ1) is 6.88. The highest BCUT2D eigenvalue weighted by Crippen LogP contribution is 2.38. The summed E-state index contributed by atoms with van der Waals surface area (Å²) in [6, 6.07) is 0. The maximum Gasteiger partial charge on any atom is 0.463 e. The summed E-state index contributed by atoms with van der Waals surface area (Å²) in [6.45, 7) is 4.42. The van der Waals surface area contributed by atoms with Crippen LogP contribution < -0.4 is 0 Å². The molecule has 0 radical (unpaired) electrons. The molecule has 2 nitrogen and oxygen atoms in total. The fraction of sp³-hybridized carbons (Fsp3) is 0.889. The van der Waals surface area contributed by atoms with E-state index in [0.29, 0.717) is 4.90 Å². The number of rotatable bonds is 3. The van der Waals surface area contributed by atoms with E-state index in [0.717, 1.165) is 7.05 Å². The van der Waals surface area contributed by atoms with Gasteiger partial charge in [-0.25, -0.2) is 0 Å². The third-order valence-electron chi connectivity index (χ3n) is 2.70. The minimum absolute atomic E-state index is 0.267. The van der Waals surface area contributed by atoms with Crippen molar-refractivity contribution in [1.82, 2.24) is 4.90 Å². The fourth-order valence-corrected chi connectivity index (χ4v) is 0.844. The summed E-state index contributed by atoms with van der Waals surface area (Å²) in [5, 5.41) is 0.